The number of morpholine rings is 1. The summed E-state index contributed by atoms with van der Waals surface area (Å²) in [5, 5.41) is 15.1. The standard InChI is InChI=1S/C28H37F4N5O5/c1-41-22-14-37(13-21(22)34-26(39)17-11-23(38)35-24-16(17)3-2-4-20(24)29)25-18(27(40)36-5-7-42-8-6-36)9-15(12-33)10-19(25)28(30,31)32/h11,15-16,18-22,24-25H,2-10,13-14H2,1H3,(H,34,39)(H,35,38)/t15?,16?,18?,19?,20?,21-,22-,24?,25?/m0/s1. The molecule has 42 heavy (non-hydrogen) atoms. The van der Waals surface area contributed by atoms with Crippen LogP contribution in [-0.2, 0) is 23.9 Å². The summed E-state index contributed by atoms with van der Waals surface area (Å²) in [6.07, 6.45) is -4.50. The van der Waals surface area contributed by atoms with Crippen LogP contribution in [-0.4, -0.2) is 111 Å². The van der Waals surface area contributed by atoms with Crippen LogP contribution in [0.1, 0.15) is 32.1 Å². The van der Waals surface area contributed by atoms with Gasteiger partial charge in [0.1, 0.15) is 6.17 Å². The summed E-state index contributed by atoms with van der Waals surface area (Å²) in [6.45, 7) is 1.11. The van der Waals surface area contributed by atoms with E-state index in [4.69, 9.17) is 9.47 Å². The number of nitriles is 1. The van der Waals surface area contributed by atoms with Crippen LogP contribution in [0.2, 0.25) is 0 Å². The summed E-state index contributed by atoms with van der Waals surface area (Å²) in [5.74, 6) is -6.00. The molecule has 0 aromatic rings. The van der Waals surface area contributed by atoms with Crippen LogP contribution in [0.15, 0.2) is 11.6 Å². The normalized spacial score (nSPS) is 37.7. The molecular weight excluding hydrogens is 562 g/mol. The fourth-order valence-corrected chi connectivity index (χ4v) is 7.52. The van der Waals surface area contributed by atoms with E-state index in [2.05, 4.69) is 10.6 Å². The van der Waals surface area contributed by atoms with E-state index in [0.29, 0.717) is 19.3 Å². The lowest BCUT2D eigenvalue weighted by atomic mass is 9.70. The number of likely N-dealkylation sites (tertiary alicyclic amines) is 1. The van der Waals surface area contributed by atoms with E-state index in [0.717, 1.165) is 0 Å². The van der Waals surface area contributed by atoms with Crippen LogP contribution in [0.4, 0.5) is 17.6 Å². The molecule has 5 aliphatic rings. The Hall–Kier alpha value is -2.76. The van der Waals surface area contributed by atoms with Gasteiger partial charge in [-0.3, -0.25) is 19.3 Å². The molecule has 3 aliphatic heterocycles. The third-order valence-corrected chi connectivity index (χ3v) is 9.56. The highest BCUT2D eigenvalue weighted by atomic mass is 19.4. The molecule has 0 spiro atoms. The van der Waals surface area contributed by atoms with Gasteiger partial charge in [-0.25, -0.2) is 4.39 Å². The largest absolute Gasteiger partial charge is 0.393 e. The quantitative estimate of drug-likeness (QED) is 0.457. The summed E-state index contributed by atoms with van der Waals surface area (Å²) in [6, 6.07) is -0.825. The fraction of sp³-hybridized carbons (Fsp3) is 0.786. The van der Waals surface area contributed by atoms with E-state index in [1.807, 2.05) is 6.07 Å². The fourth-order valence-electron chi connectivity index (χ4n) is 7.52. The topological polar surface area (TPSA) is 124 Å². The SMILES string of the molecule is CO[C@H]1CN(C2C(C(=O)N3CCOCC3)CC(C#N)CC2C(F)(F)F)C[C@@H]1NC(=O)C1=CC(=O)NC2C(F)CCCC12. The maximum absolute atomic E-state index is 14.6. The number of alkyl halides is 4. The van der Waals surface area contributed by atoms with Crippen LogP contribution in [0, 0.1) is 35.0 Å². The van der Waals surface area contributed by atoms with Crippen molar-refractivity contribution in [1.29, 1.82) is 5.26 Å². The summed E-state index contributed by atoms with van der Waals surface area (Å²) in [5.41, 5.74) is 0.155. The molecule has 3 amide bonds. The first-order valence-corrected chi connectivity index (χ1v) is 14.6. The van der Waals surface area contributed by atoms with Gasteiger partial charge in [0, 0.05) is 62.8 Å². The Morgan fingerprint density at radius 3 is 2.60 bits per heavy atom. The second-order valence-electron chi connectivity index (χ2n) is 12.0. The number of rotatable bonds is 5. The van der Waals surface area contributed by atoms with Gasteiger partial charge >= 0.3 is 6.18 Å². The Labute approximate surface area is 241 Å². The summed E-state index contributed by atoms with van der Waals surface area (Å²) >= 11 is 0. The van der Waals surface area contributed by atoms with Gasteiger partial charge < -0.3 is 25.0 Å². The van der Waals surface area contributed by atoms with E-state index in [1.165, 1.54) is 18.1 Å². The van der Waals surface area contributed by atoms with Crippen molar-refractivity contribution < 1.29 is 41.4 Å². The number of hydrogen-bond donors (Lipinski definition) is 2. The molecule has 5 rings (SSSR count). The average molecular weight is 600 g/mol. The van der Waals surface area contributed by atoms with Crippen molar-refractivity contribution in [1.82, 2.24) is 20.4 Å². The molecule has 2 aliphatic carbocycles. The lowest BCUT2D eigenvalue weighted by molar-refractivity contribution is -0.210. The zero-order valence-corrected chi connectivity index (χ0v) is 23.4. The smallest absolute Gasteiger partial charge is 0.378 e. The van der Waals surface area contributed by atoms with Gasteiger partial charge in [-0.1, -0.05) is 0 Å². The summed E-state index contributed by atoms with van der Waals surface area (Å²) < 4.78 is 69.1. The third-order valence-electron chi connectivity index (χ3n) is 9.56. The van der Waals surface area contributed by atoms with Crippen molar-refractivity contribution in [3.8, 4) is 6.07 Å². The molecular formula is C28H37F4N5O5. The predicted octanol–water partition coefficient (Wildman–Crippen LogP) is 1.32. The van der Waals surface area contributed by atoms with Gasteiger partial charge in [-0.15, -0.1) is 0 Å². The lowest BCUT2D eigenvalue weighted by Gasteiger charge is -2.46. The van der Waals surface area contributed by atoms with Crippen molar-refractivity contribution in [3.05, 3.63) is 11.6 Å². The molecule has 7 unspecified atom stereocenters. The maximum Gasteiger partial charge on any atom is 0.393 e. The number of methoxy groups -OCH3 is 1. The number of nitrogens with zero attached hydrogens (tertiary/aromatic N) is 3. The monoisotopic (exact) mass is 599 g/mol. The molecule has 0 radical (unpaired) electrons. The van der Waals surface area contributed by atoms with Crippen molar-refractivity contribution in [2.24, 2.45) is 23.7 Å². The van der Waals surface area contributed by atoms with E-state index in [-0.39, 0.29) is 51.4 Å². The average Bonchev–Trinajstić information content (AvgIpc) is 3.38. The number of halogens is 4. The Morgan fingerprint density at radius 1 is 1.19 bits per heavy atom. The molecule has 232 valence electrons. The molecule has 0 bridgehead atoms. The van der Waals surface area contributed by atoms with Crippen LogP contribution in [0.5, 0.6) is 0 Å². The van der Waals surface area contributed by atoms with Crippen LogP contribution in [0.3, 0.4) is 0 Å². The zero-order chi connectivity index (χ0) is 30.2. The molecule has 3 heterocycles. The minimum absolute atomic E-state index is 0.00454. The molecule has 2 N–H and O–H groups in total. The molecule has 14 heteroatoms. The first kappa shape index (κ1) is 30.7. The number of nitrogens with one attached hydrogen (secondary N) is 2. The van der Waals surface area contributed by atoms with Crippen molar-refractivity contribution in [3.63, 3.8) is 0 Å². The van der Waals surface area contributed by atoms with Gasteiger partial charge in [0.05, 0.1) is 49.3 Å². The van der Waals surface area contributed by atoms with Crippen molar-refractivity contribution >= 4 is 17.7 Å². The molecule has 9 atom stereocenters. The highest BCUT2D eigenvalue weighted by Crippen LogP contribution is 2.46. The van der Waals surface area contributed by atoms with Gasteiger partial charge in [0.15, 0.2) is 0 Å². The minimum Gasteiger partial charge on any atom is -0.378 e. The predicted molar refractivity (Wildman–Crippen MR) is 139 cm³/mol. The Bertz CT molecular complexity index is 1120. The number of carbonyl (C=O) groups excluding carboxylic acids is 3. The second kappa shape index (κ2) is 12.5. The Balaban J connectivity index is 1.38. The van der Waals surface area contributed by atoms with Crippen LogP contribution in [0.25, 0.3) is 0 Å². The first-order chi connectivity index (χ1) is 20.0. The molecule has 0 aromatic carbocycles. The number of ether oxygens (including phenoxy) is 2. The molecule has 10 nitrogen and oxygen atoms in total. The van der Waals surface area contributed by atoms with Gasteiger partial charge in [0.2, 0.25) is 17.7 Å². The number of hydrogen-bond acceptors (Lipinski definition) is 7. The van der Waals surface area contributed by atoms with Crippen molar-refractivity contribution in [2.75, 3.05) is 46.5 Å². The molecule has 2 saturated heterocycles. The number of carbonyl (C=O) groups is 3. The number of fused-ring (bicyclic) bond motifs is 1. The first-order valence-electron chi connectivity index (χ1n) is 14.6. The minimum atomic E-state index is -4.66. The van der Waals surface area contributed by atoms with E-state index in [9.17, 15) is 37.2 Å². The van der Waals surface area contributed by atoms with Gasteiger partial charge in [0.25, 0.3) is 0 Å². The zero-order valence-electron chi connectivity index (χ0n) is 23.4. The molecule has 0 aromatic heterocycles. The van der Waals surface area contributed by atoms with Crippen LogP contribution < -0.4 is 10.6 Å². The molecule has 4 fully saturated rings. The summed E-state index contributed by atoms with van der Waals surface area (Å²) in [4.78, 5) is 42.4. The van der Waals surface area contributed by atoms with Crippen molar-refractivity contribution in [2.45, 2.75) is 68.7 Å². The van der Waals surface area contributed by atoms with Gasteiger partial charge in [-0.05, 0) is 32.1 Å². The highest BCUT2D eigenvalue weighted by Gasteiger charge is 2.57. The second-order valence-corrected chi connectivity index (χ2v) is 12.0. The van der Waals surface area contributed by atoms with E-state index in [1.54, 1.807) is 4.90 Å². The Morgan fingerprint density at radius 2 is 1.93 bits per heavy atom. The van der Waals surface area contributed by atoms with Gasteiger partial charge in [-0.2, -0.15) is 18.4 Å². The van der Waals surface area contributed by atoms with Crippen LogP contribution >= 0.6 is 0 Å². The maximum atomic E-state index is 14.6. The third kappa shape index (κ3) is 6.14. The molecule has 2 saturated carbocycles. The number of amides is 3. The van der Waals surface area contributed by atoms with E-state index < -0.39 is 84.4 Å². The Kier molecular flexibility index (Phi) is 9.10. The highest BCUT2D eigenvalue weighted by molar-refractivity contribution is 6.03. The lowest BCUT2D eigenvalue weighted by Crippen LogP contribution is -2.58. The summed E-state index contributed by atoms with van der Waals surface area (Å²) in [7, 11) is 1.40. The van der Waals surface area contributed by atoms with E-state index >= 15 is 0 Å².